The van der Waals surface area contributed by atoms with E-state index in [2.05, 4.69) is 34.6 Å². The summed E-state index contributed by atoms with van der Waals surface area (Å²) in [5.74, 6) is 0. The maximum absolute atomic E-state index is 5.74. The van der Waals surface area contributed by atoms with Crippen LogP contribution in [0.5, 0.6) is 0 Å². The highest BCUT2D eigenvalue weighted by Crippen LogP contribution is 2.27. The van der Waals surface area contributed by atoms with Gasteiger partial charge in [0, 0.05) is 0 Å². The zero-order chi connectivity index (χ0) is 16.7. The summed E-state index contributed by atoms with van der Waals surface area (Å²) in [5.41, 5.74) is 0.159. The Morgan fingerprint density at radius 2 is 1.18 bits per heavy atom. The Hall–Kier alpha value is -0.0800. The molecule has 0 amide bonds. The molecule has 134 valence electrons. The maximum atomic E-state index is 5.74. The Morgan fingerprint density at radius 3 is 1.73 bits per heavy atom. The molecule has 0 aliphatic rings. The van der Waals surface area contributed by atoms with Crippen LogP contribution in [0.4, 0.5) is 0 Å². The molecule has 0 saturated heterocycles. The highest BCUT2D eigenvalue weighted by atomic mass is 17.2. The van der Waals surface area contributed by atoms with Crippen molar-refractivity contribution < 1.29 is 9.78 Å². The van der Waals surface area contributed by atoms with E-state index in [1.54, 1.807) is 0 Å². The molecule has 0 N–H and O–H groups in total. The third-order valence-electron chi connectivity index (χ3n) is 4.30. The van der Waals surface area contributed by atoms with Crippen molar-refractivity contribution >= 4 is 0 Å². The molecule has 2 nitrogen and oxygen atoms in total. The molecule has 0 radical (unpaired) electrons. The fourth-order valence-corrected chi connectivity index (χ4v) is 2.63. The van der Waals surface area contributed by atoms with Gasteiger partial charge in [0.2, 0.25) is 0 Å². The molecule has 0 saturated carbocycles. The predicted molar refractivity (Wildman–Crippen MR) is 97.0 cm³/mol. The Morgan fingerprint density at radius 1 is 0.682 bits per heavy atom. The van der Waals surface area contributed by atoms with E-state index < -0.39 is 0 Å². The summed E-state index contributed by atoms with van der Waals surface area (Å²) in [7, 11) is 0. The number of hydrogen-bond donors (Lipinski definition) is 0. The van der Waals surface area contributed by atoms with Crippen LogP contribution in [-0.2, 0) is 9.78 Å². The first kappa shape index (κ1) is 21.9. The van der Waals surface area contributed by atoms with Gasteiger partial charge in [0.1, 0.15) is 0 Å². The summed E-state index contributed by atoms with van der Waals surface area (Å²) in [5, 5.41) is 0. The van der Waals surface area contributed by atoms with Gasteiger partial charge in [-0.05, 0) is 18.3 Å². The van der Waals surface area contributed by atoms with Crippen LogP contribution in [-0.4, -0.2) is 12.7 Å². The molecule has 0 aromatic carbocycles. The second-order valence-electron chi connectivity index (χ2n) is 7.74. The van der Waals surface area contributed by atoms with E-state index in [1.165, 1.54) is 64.2 Å². The van der Waals surface area contributed by atoms with Gasteiger partial charge in [0.25, 0.3) is 0 Å². The fourth-order valence-electron chi connectivity index (χ4n) is 2.63. The van der Waals surface area contributed by atoms with Crippen LogP contribution >= 0.6 is 0 Å². The lowest BCUT2D eigenvalue weighted by molar-refractivity contribution is -0.342. The lowest BCUT2D eigenvalue weighted by Crippen LogP contribution is -2.29. The van der Waals surface area contributed by atoms with Gasteiger partial charge in [0.15, 0.2) is 0 Å². The Kier molecular flexibility index (Phi) is 14.5. The summed E-state index contributed by atoms with van der Waals surface area (Å²) in [6.07, 6.45) is 15.7. The Bertz CT molecular complexity index is 220. The van der Waals surface area contributed by atoms with Crippen molar-refractivity contribution in [3.63, 3.8) is 0 Å². The summed E-state index contributed by atoms with van der Waals surface area (Å²) in [6, 6.07) is 0. The van der Waals surface area contributed by atoms with Crippen molar-refractivity contribution in [3.05, 3.63) is 0 Å². The lowest BCUT2D eigenvalue weighted by atomic mass is 9.86. The van der Waals surface area contributed by atoms with Crippen LogP contribution in [0.2, 0.25) is 0 Å². The van der Waals surface area contributed by atoms with Crippen LogP contribution in [0.25, 0.3) is 0 Å². The fraction of sp³-hybridized carbons (Fsp3) is 1.00. The molecule has 0 spiro atoms. The minimum absolute atomic E-state index is 0.159. The highest BCUT2D eigenvalue weighted by Gasteiger charge is 2.26. The van der Waals surface area contributed by atoms with Crippen LogP contribution in [0.1, 0.15) is 112 Å². The van der Waals surface area contributed by atoms with Gasteiger partial charge in [-0.25, -0.2) is 9.78 Å². The first-order valence-electron chi connectivity index (χ1n) is 9.80. The van der Waals surface area contributed by atoms with Gasteiger partial charge < -0.3 is 0 Å². The Balaban J connectivity index is 3.68. The van der Waals surface area contributed by atoms with E-state index >= 15 is 0 Å². The van der Waals surface area contributed by atoms with Gasteiger partial charge in [-0.3, -0.25) is 0 Å². The third-order valence-corrected chi connectivity index (χ3v) is 4.30. The normalized spacial score (nSPS) is 13.5. The van der Waals surface area contributed by atoms with Crippen molar-refractivity contribution in [3.8, 4) is 0 Å². The van der Waals surface area contributed by atoms with Crippen LogP contribution in [0.3, 0.4) is 0 Å². The van der Waals surface area contributed by atoms with E-state index in [-0.39, 0.29) is 11.5 Å². The van der Waals surface area contributed by atoms with Crippen molar-refractivity contribution in [2.24, 2.45) is 5.41 Å². The van der Waals surface area contributed by atoms with E-state index in [9.17, 15) is 0 Å². The van der Waals surface area contributed by atoms with E-state index in [1.807, 2.05) is 0 Å². The van der Waals surface area contributed by atoms with Crippen molar-refractivity contribution in [1.82, 2.24) is 0 Å². The van der Waals surface area contributed by atoms with Crippen molar-refractivity contribution in [2.75, 3.05) is 6.61 Å². The quantitative estimate of drug-likeness (QED) is 0.183. The molecule has 2 heteroatoms. The minimum Gasteiger partial charge on any atom is -0.236 e. The molecule has 22 heavy (non-hydrogen) atoms. The van der Waals surface area contributed by atoms with E-state index in [0.717, 1.165) is 19.4 Å². The third kappa shape index (κ3) is 13.6. The van der Waals surface area contributed by atoms with Gasteiger partial charge in [-0.1, -0.05) is 98.8 Å². The maximum Gasteiger partial charge on any atom is 0.0978 e. The second kappa shape index (κ2) is 14.5. The van der Waals surface area contributed by atoms with Crippen molar-refractivity contribution in [1.29, 1.82) is 0 Å². The minimum atomic E-state index is 0.159. The topological polar surface area (TPSA) is 18.5 Å². The number of unbranched alkanes of at least 4 members (excludes halogenated alkanes) is 9. The first-order valence-corrected chi connectivity index (χ1v) is 9.80. The van der Waals surface area contributed by atoms with E-state index in [4.69, 9.17) is 9.78 Å². The summed E-state index contributed by atoms with van der Waals surface area (Å²) >= 11 is 0. The van der Waals surface area contributed by atoms with Gasteiger partial charge in [-0.2, -0.15) is 0 Å². The molecule has 0 aromatic rings. The average molecular weight is 315 g/mol. The molecule has 0 aromatic heterocycles. The predicted octanol–water partition coefficient (Wildman–Crippen LogP) is 7.07. The smallest absolute Gasteiger partial charge is 0.0978 e. The molecule has 0 aliphatic carbocycles. The molecular weight excluding hydrogens is 272 g/mol. The molecule has 0 heterocycles. The zero-order valence-electron chi connectivity index (χ0n) is 16.1. The largest absolute Gasteiger partial charge is 0.236 e. The lowest BCUT2D eigenvalue weighted by Gasteiger charge is -2.29. The zero-order valence-corrected chi connectivity index (χ0v) is 16.1. The van der Waals surface area contributed by atoms with Gasteiger partial charge in [-0.15, -0.1) is 0 Å². The number of rotatable bonds is 15. The molecule has 1 atom stereocenters. The second-order valence-corrected chi connectivity index (χ2v) is 7.74. The first-order chi connectivity index (χ1) is 10.5. The summed E-state index contributed by atoms with van der Waals surface area (Å²) < 4.78 is 0. The molecule has 0 bridgehead atoms. The summed E-state index contributed by atoms with van der Waals surface area (Å²) in [6.45, 7) is 12.0. The standard InChI is InChI=1S/C20H42O2/c1-6-8-10-12-14-16-18-21-22-19(20(3,4)5)17-15-13-11-9-7-2/h19H,6-18H2,1-5H3. The van der Waals surface area contributed by atoms with Crippen LogP contribution in [0, 0.1) is 5.41 Å². The SMILES string of the molecule is CCCCCCCCOOC(CCCCCCC)C(C)(C)C. The van der Waals surface area contributed by atoms with Crippen molar-refractivity contribution in [2.45, 2.75) is 118 Å². The number of hydrogen-bond acceptors (Lipinski definition) is 2. The van der Waals surface area contributed by atoms with E-state index in [0.29, 0.717) is 0 Å². The van der Waals surface area contributed by atoms with Crippen LogP contribution < -0.4 is 0 Å². The Labute approximate surface area is 140 Å². The average Bonchev–Trinajstić information content (AvgIpc) is 2.46. The molecular formula is C20H42O2. The highest BCUT2D eigenvalue weighted by molar-refractivity contribution is 4.73. The molecule has 0 rings (SSSR count). The summed E-state index contributed by atoms with van der Waals surface area (Å²) in [4.78, 5) is 11.2. The monoisotopic (exact) mass is 314 g/mol. The molecule has 0 aliphatic heterocycles. The molecule has 1 unspecified atom stereocenters. The van der Waals surface area contributed by atoms with Crippen LogP contribution in [0.15, 0.2) is 0 Å². The van der Waals surface area contributed by atoms with Gasteiger partial charge >= 0.3 is 0 Å². The van der Waals surface area contributed by atoms with Gasteiger partial charge in [0.05, 0.1) is 12.7 Å². The molecule has 0 fully saturated rings.